The van der Waals surface area contributed by atoms with Crippen LogP contribution in [0.2, 0.25) is 0 Å². The molecule has 0 bridgehead atoms. The predicted octanol–water partition coefficient (Wildman–Crippen LogP) is 4.43. The maximum absolute atomic E-state index is 12.1. The average Bonchev–Trinajstić information content (AvgIpc) is 2.17. The molecule has 0 fully saturated rings. The van der Waals surface area contributed by atoms with E-state index in [1.54, 1.807) is 0 Å². The van der Waals surface area contributed by atoms with Gasteiger partial charge in [0.25, 0.3) is 0 Å². The Bertz CT molecular complexity index is 405. The van der Waals surface area contributed by atoms with E-state index in [1.807, 2.05) is 13.8 Å². The Hall–Kier alpha value is -0.750. The van der Waals surface area contributed by atoms with Crippen molar-refractivity contribution in [1.82, 2.24) is 0 Å². The molecule has 1 unspecified atom stereocenters. The van der Waals surface area contributed by atoms with Crippen LogP contribution in [-0.2, 0) is 0 Å². The van der Waals surface area contributed by atoms with E-state index < -0.39 is 12.5 Å². The van der Waals surface area contributed by atoms with E-state index in [2.05, 4.69) is 20.7 Å². The second kappa shape index (κ2) is 5.93. The van der Waals surface area contributed by atoms with Crippen LogP contribution in [0, 0.1) is 5.92 Å². The van der Waals surface area contributed by atoms with Gasteiger partial charge in [-0.1, -0.05) is 29.8 Å². The highest BCUT2D eigenvalue weighted by Gasteiger charge is 2.31. The summed E-state index contributed by atoms with van der Waals surface area (Å²) in [5.41, 5.74) is 0.394. The second-order valence-corrected chi connectivity index (χ2v) is 5.23. The molecule has 2 nitrogen and oxygen atoms in total. The number of halogens is 4. The molecule has 1 aromatic rings. The lowest BCUT2D eigenvalue weighted by molar-refractivity contribution is -0.274. The molecule has 1 atom stereocenters. The average molecular weight is 327 g/mol. The molecule has 0 spiro atoms. The van der Waals surface area contributed by atoms with Crippen molar-refractivity contribution in [1.29, 1.82) is 0 Å². The number of benzene rings is 1. The van der Waals surface area contributed by atoms with E-state index in [9.17, 15) is 18.3 Å². The van der Waals surface area contributed by atoms with Crippen LogP contribution >= 0.6 is 15.9 Å². The number of rotatable bonds is 4. The summed E-state index contributed by atoms with van der Waals surface area (Å²) >= 11 is 3.20. The monoisotopic (exact) mass is 326 g/mol. The molecule has 18 heavy (non-hydrogen) atoms. The van der Waals surface area contributed by atoms with Gasteiger partial charge in [-0.05, 0) is 36.1 Å². The highest BCUT2D eigenvalue weighted by molar-refractivity contribution is 9.10. The minimum Gasteiger partial charge on any atom is -0.406 e. The third-order valence-corrected chi connectivity index (χ3v) is 2.98. The summed E-state index contributed by atoms with van der Waals surface area (Å²) < 4.78 is 40.6. The van der Waals surface area contributed by atoms with Crippen LogP contribution in [0.25, 0.3) is 0 Å². The first-order valence-corrected chi connectivity index (χ1v) is 6.21. The Labute approximate surface area is 112 Å². The van der Waals surface area contributed by atoms with Crippen molar-refractivity contribution in [3.63, 3.8) is 0 Å². The van der Waals surface area contributed by atoms with Gasteiger partial charge >= 0.3 is 6.36 Å². The van der Waals surface area contributed by atoms with Gasteiger partial charge in [-0.2, -0.15) is 0 Å². The summed E-state index contributed by atoms with van der Waals surface area (Å²) in [6.45, 7) is 3.85. The van der Waals surface area contributed by atoms with E-state index in [1.165, 1.54) is 18.2 Å². The van der Waals surface area contributed by atoms with Crippen LogP contribution < -0.4 is 4.74 Å². The third-order valence-electron chi connectivity index (χ3n) is 2.25. The molecule has 0 aliphatic carbocycles. The molecule has 0 aromatic heterocycles. The molecule has 102 valence electrons. The highest BCUT2D eigenvalue weighted by Crippen LogP contribution is 2.33. The Balaban J connectivity index is 2.94. The van der Waals surface area contributed by atoms with Crippen molar-refractivity contribution in [2.75, 3.05) is 0 Å². The zero-order valence-electron chi connectivity index (χ0n) is 9.96. The smallest absolute Gasteiger partial charge is 0.406 e. The number of ether oxygens (including phenoxy) is 1. The topological polar surface area (TPSA) is 29.5 Å². The molecule has 6 heteroatoms. The molecule has 0 saturated heterocycles. The SMILES string of the molecule is CC(C)CC(O)c1cc(OC(F)(F)F)ccc1Br. The molecule has 0 aliphatic rings. The molecule has 0 heterocycles. The minimum absolute atomic E-state index is 0.235. The van der Waals surface area contributed by atoms with Crippen molar-refractivity contribution in [2.24, 2.45) is 5.92 Å². The molecule has 0 radical (unpaired) electrons. The van der Waals surface area contributed by atoms with E-state index >= 15 is 0 Å². The number of aliphatic hydroxyl groups excluding tert-OH is 1. The van der Waals surface area contributed by atoms with Gasteiger partial charge in [0.2, 0.25) is 0 Å². The largest absolute Gasteiger partial charge is 0.573 e. The molecule has 0 amide bonds. The molecule has 1 rings (SSSR count). The number of hydrogen-bond donors (Lipinski definition) is 1. The van der Waals surface area contributed by atoms with E-state index in [0.29, 0.717) is 16.5 Å². The molecule has 1 aromatic carbocycles. The first-order valence-electron chi connectivity index (χ1n) is 5.42. The van der Waals surface area contributed by atoms with Crippen molar-refractivity contribution >= 4 is 15.9 Å². The van der Waals surface area contributed by atoms with Crippen LogP contribution in [0.15, 0.2) is 22.7 Å². The fraction of sp³-hybridized carbons (Fsp3) is 0.500. The normalized spacial score (nSPS) is 13.8. The summed E-state index contributed by atoms with van der Waals surface area (Å²) in [5.74, 6) is -0.0948. The number of alkyl halides is 3. The lowest BCUT2D eigenvalue weighted by atomic mass is 9.99. The van der Waals surface area contributed by atoms with Gasteiger partial charge in [0.05, 0.1) is 6.10 Å². The standard InChI is InChI=1S/C12H14BrF3O2/c1-7(2)5-11(17)9-6-8(3-4-10(9)13)18-12(14,15)16/h3-4,6-7,11,17H,5H2,1-2H3. The Morgan fingerprint density at radius 1 is 1.33 bits per heavy atom. The maximum Gasteiger partial charge on any atom is 0.573 e. The van der Waals surface area contributed by atoms with Crippen LogP contribution in [-0.4, -0.2) is 11.5 Å². The summed E-state index contributed by atoms with van der Waals surface area (Å²) in [6.07, 6.45) is -5.08. The van der Waals surface area contributed by atoms with Crippen molar-refractivity contribution < 1.29 is 23.0 Å². The fourth-order valence-electron chi connectivity index (χ4n) is 1.55. The minimum atomic E-state index is -4.73. The predicted molar refractivity (Wildman–Crippen MR) is 65.2 cm³/mol. The molecule has 1 N–H and O–H groups in total. The summed E-state index contributed by atoms with van der Waals surface area (Å²) in [7, 11) is 0. The zero-order chi connectivity index (χ0) is 13.9. The highest BCUT2D eigenvalue weighted by atomic mass is 79.9. The summed E-state index contributed by atoms with van der Waals surface area (Å²) in [5, 5.41) is 9.93. The van der Waals surface area contributed by atoms with Crippen molar-refractivity contribution in [3.05, 3.63) is 28.2 Å². The van der Waals surface area contributed by atoms with Gasteiger partial charge in [0.1, 0.15) is 5.75 Å². The lowest BCUT2D eigenvalue weighted by Gasteiger charge is -2.17. The van der Waals surface area contributed by atoms with Crippen molar-refractivity contribution in [2.45, 2.75) is 32.7 Å². The van der Waals surface area contributed by atoms with Gasteiger partial charge in [-0.15, -0.1) is 13.2 Å². The fourth-order valence-corrected chi connectivity index (χ4v) is 2.06. The first kappa shape index (κ1) is 15.3. The zero-order valence-corrected chi connectivity index (χ0v) is 11.5. The van der Waals surface area contributed by atoms with Crippen LogP contribution in [0.5, 0.6) is 5.75 Å². The molecular weight excluding hydrogens is 313 g/mol. The van der Waals surface area contributed by atoms with Crippen LogP contribution in [0.4, 0.5) is 13.2 Å². The van der Waals surface area contributed by atoms with E-state index in [0.717, 1.165) is 0 Å². The maximum atomic E-state index is 12.1. The quantitative estimate of drug-likeness (QED) is 0.887. The Morgan fingerprint density at radius 3 is 2.44 bits per heavy atom. The summed E-state index contributed by atoms with van der Waals surface area (Å²) in [6, 6.07) is 3.83. The van der Waals surface area contributed by atoms with E-state index in [-0.39, 0.29) is 11.7 Å². The number of hydrogen-bond acceptors (Lipinski definition) is 2. The van der Waals surface area contributed by atoms with Crippen molar-refractivity contribution in [3.8, 4) is 5.75 Å². The molecular formula is C12H14BrF3O2. The van der Waals surface area contributed by atoms with Gasteiger partial charge in [0, 0.05) is 4.47 Å². The first-order chi connectivity index (χ1) is 8.19. The van der Waals surface area contributed by atoms with Crippen LogP contribution in [0.3, 0.4) is 0 Å². The Morgan fingerprint density at radius 2 is 1.94 bits per heavy atom. The lowest BCUT2D eigenvalue weighted by Crippen LogP contribution is -2.17. The molecule has 0 saturated carbocycles. The number of aliphatic hydroxyl groups is 1. The third kappa shape index (κ3) is 4.86. The summed E-state index contributed by atoms with van der Waals surface area (Å²) in [4.78, 5) is 0. The van der Waals surface area contributed by atoms with Gasteiger partial charge in [-0.25, -0.2) is 0 Å². The van der Waals surface area contributed by atoms with Gasteiger partial charge in [0.15, 0.2) is 0 Å². The van der Waals surface area contributed by atoms with Crippen LogP contribution in [0.1, 0.15) is 31.9 Å². The molecule has 0 aliphatic heterocycles. The van der Waals surface area contributed by atoms with E-state index in [4.69, 9.17) is 0 Å². The van der Waals surface area contributed by atoms with Gasteiger partial charge < -0.3 is 9.84 Å². The Kier molecular flexibility index (Phi) is 5.04. The second-order valence-electron chi connectivity index (χ2n) is 4.38. The van der Waals surface area contributed by atoms with Gasteiger partial charge in [-0.3, -0.25) is 0 Å².